The molecule has 5 aromatic rings. The molecule has 1 N–H and O–H groups in total. The second kappa shape index (κ2) is 16.7. The molecule has 0 aliphatic rings. The van der Waals surface area contributed by atoms with Crippen molar-refractivity contribution in [3.05, 3.63) is 171 Å². The van der Waals surface area contributed by atoms with Crippen LogP contribution in [-0.4, -0.2) is 17.5 Å². The van der Waals surface area contributed by atoms with E-state index in [1.165, 1.54) is 17.7 Å². The number of anilines is 3. The summed E-state index contributed by atoms with van der Waals surface area (Å²) in [5.41, 5.74) is 10.5. The lowest BCUT2D eigenvalue weighted by Gasteiger charge is -2.27. The lowest BCUT2D eigenvalue weighted by molar-refractivity contribution is -0.132. The molecule has 0 radical (unpaired) electrons. The lowest BCUT2D eigenvalue weighted by atomic mass is 10.1. The molecule has 7 heteroatoms. The fourth-order valence-electron chi connectivity index (χ4n) is 5.35. The Kier molecular flexibility index (Phi) is 11.5. The molecule has 0 bridgehead atoms. The highest BCUT2D eigenvalue weighted by molar-refractivity contribution is 5.96. The second-order valence-electron chi connectivity index (χ2n) is 11.6. The van der Waals surface area contributed by atoms with E-state index in [9.17, 15) is 9.59 Å². The van der Waals surface area contributed by atoms with Gasteiger partial charge in [0, 0.05) is 17.1 Å². The van der Waals surface area contributed by atoms with Gasteiger partial charge >= 0.3 is 5.97 Å². The third-order valence-corrected chi connectivity index (χ3v) is 7.95. The van der Waals surface area contributed by atoms with E-state index in [0.29, 0.717) is 5.56 Å². The van der Waals surface area contributed by atoms with E-state index in [0.717, 1.165) is 50.4 Å². The minimum Gasteiger partial charge on any atom is -0.477 e. The van der Waals surface area contributed by atoms with E-state index in [2.05, 4.69) is 90.2 Å². The molecular weight excluding hydrogens is 635 g/mol. The first kappa shape index (κ1) is 35.1. The number of carboxylic acid groups (broad SMARTS) is 1. The predicted molar refractivity (Wildman–Crippen MR) is 203 cm³/mol. The summed E-state index contributed by atoms with van der Waals surface area (Å²) in [4.78, 5) is 23.9. The van der Waals surface area contributed by atoms with Crippen molar-refractivity contribution < 1.29 is 19.4 Å². The number of carboxylic acids is 1. The van der Waals surface area contributed by atoms with Gasteiger partial charge in [-0.2, -0.15) is 10.5 Å². The number of allylic oxidation sites excluding steroid dienone is 1. The van der Waals surface area contributed by atoms with Gasteiger partial charge in [0.15, 0.2) is 0 Å². The molecule has 5 rings (SSSR count). The predicted octanol–water partition coefficient (Wildman–Crippen LogP) is 10.1. The van der Waals surface area contributed by atoms with Crippen molar-refractivity contribution in [3.8, 4) is 12.1 Å². The fraction of sp³-hybridized carbons (Fsp3) is 0.0455. The number of benzene rings is 5. The highest BCUT2D eigenvalue weighted by Gasteiger charge is 2.15. The van der Waals surface area contributed by atoms with Crippen molar-refractivity contribution in [1.29, 1.82) is 10.5 Å². The van der Waals surface area contributed by atoms with Crippen LogP contribution in [0.1, 0.15) is 44.5 Å². The summed E-state index contributed by atoms with van der Waals surface area (Å²) in [7, 11) is 0. The van der Waals surface area contributed by atoms with E-state index in [4.69, 9.17) is 15.6 Å². The van der Waals surface area contributed by atoms with Crippen LogP contribution in [0, 0.1) is 36.5 Å². The number of aliphatic carboxylic acids is 1. The van der Waals surface area contributed by atoms with Crippen LogP contribution in [-0.2, 0) is 14.3 Å². The summed E-state index contributed by atoms with van der Waals surface area (Å²) < 4.78 is 4.65. The van der Waals surface area contributed by atoms with Crippen LogP contribution in [0.15, 0.2) is 127 Å². The minimum atomic E-state index is -1.25. The van der Waals surface area contributed by atoms with Gasteiger partial charge in [-0.15, -0.1) is 0 Å². The zero-order chi connectivity index (χ0) is 36.2. The first-order chi connectivity index (χ1) is 24.8. The molecule has 0 heterocycles. The molecule has 0 spiro atoms. The molecule has 0 saturated carbocycles. The Bertz CT molecular complexity index is 2230. The standard InChI is InChI=1S/C44H33N3O4/c1-31-3-24-43(32(2)25-31)47(40-20-16-35(17-21-40)6-4-33-8-12-37(13-9-33)26-39(28-45)44(49)50)41-22-18-36(19-23-41)7-5-34-10-14-38(15-11-34)27-42(29-46)51-30-48/h3-27,30H,1-2H3,(H,49,50). The average molecular weight is 668 g/mol. The van der Waals surface area contributed by atoms with Crippen molar-refractivity contribution in [2.45, 2.75) is 13.8 Å². The molecule has 0 aromatic heterocycles. The highest BCUT2D eigenvalue weighted by Crippen LogP contribution is 2.37. The maximum Gasteiger partial charge on any atom is 0.346 e. The van der Waals surface area contributed by atoms with Crippen molar-refractivity contribution in [2.24, 2.45) is 0 Å². The summed E-state index contributed by atoms with van der Waals surface area (Å²) in [6, 6.07) is 41.6. The Morgan fingerprint density at radius 1 is 0.627 bits per heavy atom. The maximum absolute atomic E-state index is 11.1. The molecule has 0 aliphatic carbocycles. The van der Waals surface area contributed by atoms with E-state index >= 15 is 0 Å². The second-order valence-corrected chi connectivity index (χ2v) is 11.6. The van der Waals surface area contributed by atoms with Gasteiger partial charge in [-0.1, -0.05) is 115 Å². The van der Waals surface area contributed by atoms with Gasteiger partial charge in [0.25, 0.3) is 6.47 Å². The first-order valence-electron chi connectivity index (χ1n) is 16.0. The summed E-state index contributed by atoms with van der Waals surface area (Å²) in [6.45, 7) is 4.44. The fourth-order valence-corrected chi connectivity index (χ4v) is 5.35. The number of rotatable bonds is 12. The number of aryl methyl sites for hydroxylation is 2. The minimum absolute atomic E-state index is 0.0675. The van der Waals surface area contributed by atoms with Crippen LogP contribution in [0.4, 0.5) is 17.1 Å². The molecule has 248 valence electrons. The summed E-state index contributed by atoms with van der Waals surface area (Å²) >= 11 is 0. The molecular formula is C44H33N3O4. The van der Waals surface area contributed by atoms with Crippen LogP contribution in [0.2, 0.25) is 0 Å². The van der Waals surface area contributed by atoms with Crippen molar-refractivity contribution in [1.82, 2.24) is 0 Å². The van der Waals surface area contributed by atoms with E-state index < -0.39 is 5.97 Å². The Hall–Kier alpha value is -7.22. The normalized spacial score (nSPS) is 11.6. The zero-order valence-electron chi connectivity index (χ0n) is 28.0. The SMILES string of the molecule is Cc1ccc(N(c2ccc(C=Cc3ccc(C=C(C#N)OC=O)cc3)cc2)c2ccc(C=Cc3ccc(C=C(C#N)C(=O)O)cc3)cc2)c(C)c1. The largest absolute Gasteiger partial charge is 0.477 e. The lowest BCUT2D eigenvalue weighted by Crippen LogP contribution is -2.11. The molecule has 5 aromatic carbocycles. The average Bonchev–Trinajstić information content (AvgIpc) is 3.14. The first-order valence-corrected chi connectivity index (χ1v) is 16.0. The smallest absolute Gasteiger partial charge is 0.346 e. The number of hydrogen-bond donors (Lipinski definition) is 1. The third-order valence-electron chi connectivity index (χ3n) is 7.95. The van der Waals surface area contributed by atoms with Gasteiger partial charge in [-0.25, -0.2) is 4.79 Å². The number of nitriles is 2. The van der Waals surface area contributed by atoms with Gasteiger partial charge in [-0.05, 0) is 95.3 Å². The molecule has 0 amide bonds. The Morgan fingerprint density at radius 3 is 1.45 bits per heavy atom. The molecule has 0 atom stereocenters. The monoisotopic (exact) mass is 667 g/mol. The molecule has 51 heavy (non-hydrogen) atoms. The quantitative estimate of drug-likeness (QED) is 0.0463. The number of hydrogen-bond acceptors (Lipinski definition) is 6. The van der Waals surface area contributed by atoms with E-state index in [1.54, 1.807) is 18.2 Å². The van der Waals surface area contributed by atoms with Crippen molar-refractivity contribution in [3.63, 3.8) is 0 Å². The topological polar surface area (TPSA) is 114 Å². The van der Waals surface area contributed by atoms with Crippen molar-refractivity contribution in [2.75, 3.05) is 4.90 Å². The molecule has 0 aliphatic heterocycles. The molecule has 7 nitrogen and oxygen atoms in total. The van der Waals surface area contributed by atoms with Crippen LogP contribution in [0.3, 0.4) is 0 Å². The Morgan fingerprint density at radius 2 is 1.06 bits per heavy atom. The van der Waals surface area contributed by atoms with Gasteiger partial charge in [-0.3, -0.25) is 4.79 Å². The molecule has 0 unspecified atom stereocenters. The van der Waals surface area contributed by atoms with Crippen LogP contribution < -0.4 is 4.90 Å². The van der Waals surface area contributed by atoms with Crippen LogP contribution in [0.25, 0.3) is 36.5 Å². The van der Waals surface area contributed by atoms with E-state index in [1.807, 2.05) is 66.8 Å². The van der Waals surface area contributed by atoms with Gasteiger partial charge in [0.1, 0.15) is 17.7 Å². The number of nitrogens with zero attached hydrogens (tertiary/aromatic N) is 3. The van der Waals surface area contributed by atoms with Gasteiger partial charge in [0.2, 0.25) is 5.76 Å². The third kappa shape index (κ3) is 9.45. The zero-order valence-corrected chi connectivity index (χ0v) is 28.0. The maximum atomic E-state index is 11.1. The molecule has 0 fully saturated rings. The summed E-state index contributed by atoms with van der Waals surface area (Å²) in [5.74, 6) is -1.32. The number of carbonyl (C=O) groups excluding carboxylic acids is 1. The Labute approximate surface area is 297 Å². The summed E-state index contributed by atoms with van der Waals surface area (Å²) in [6.07, 6.45) is 10.9. The number of ether oxygens (including phenoxy) is 1. The van der Waals surface area contributed by atoms with Crippen LogP contribution >= 0.6 is 0 Å². The van der Waals surface area contributed by atoms with Crippen molar-refractivity contribution >= 4 is 66.0 Å². The summed E-state index contributed by atoms with van der Waals surface area (Å²) in [5, 5.41) is 27.2. The van der Waals surface area contributed by atoms with Gasteiger partial charge < -0.3 is 14.7 Å². The highest BCUT2D eigenvalue weighted by atomic mass is 16.5. The van der Waals surface area contributed by atoms with Gasteiger partial charge in [0.05, 0.1) is 0 Å². The number of carbonyl (C=O) groups is 2. The Balaban J connectivity index is 1.34. The molecule has 0 saturated heterocycles. The van der Waals surface area contributed by atoms with Crippen LogP contribution in [0.5, 0.6) is 0 Å². The van der Waals surface area contributed by atoms with E-state index in [-0.39, 0.29) is 17.8 Å².